The monoisotopic (exact) mass is 438 g/mol. The molecule has 126 valence electrons. The molecule has 1 fully saturated rings. The van der Waals surface area contributed by atoms with E-state index < -0.39 is 0 Å². The second-order valence-electron chi connectivity index (χ2n) is 5.61. The highest BCUT2D eigenvalue weighted by Gasteiger charge is 2.23. The van der Waals surface area contributed by atoms with E-state index in [1.165, 1.54) is 0 Å². The van der Waals surface area contributed by atoms with Crippen LogP contribution < -0.4 is 9.64 Å². The van der Waals surface area contributed by atoms with E-state index >= 15 is 0 Å². The number of benzene rings is 1. The second kappa shape index (κ2) is 7.33. The Hall–Kier alpha value is -1.90. The molecule has 0 unspecified atom stereocenters. The lowest BCUT2D eigenvalue weighted by molar-refractivity contribution is 0.0746. The zero-order valence-corrected chi connectivity index (χ0v) is 15.9. The number of hydrogen-bond donors (Lipinski definition) is 0. The number of halogens is 1. The molecule has 1 aliphatic rings. The molecule has 1 saturated heterocycles. The predicted molar refractivity (Wildman–Crippen MR) is 101 cm³/mol. The second-order valence-corrected chi connectivity index (χ2v) is 6.85. The third-order valence-electron chi connectivity index (χ3n) is 3.97. The van der Waals surface area contributed by atoms with Crippen LogP contribution in [0.4, 0.5) is 5.82 Å². The number of carbonyl (C=O) groups excluding carboxylic acids is 1. The number of methoxy groups -OCH3 is 1. The van der Waals surface area contributed by atoms with E-state index in [0.717, 1.165) is 28.0 Å². The smallest absolute Gasteiger partial charge is 0.254 e. The van der Waals surface area contributed by atoms with Crippen LogP contribution in [0.1, 0.15) is 16.2 Å². The molecule has 0 aliphatic carbocycles. The first-order valence-corrected chi connectivity index (χ1v) is 8.84. The van der Waals surface area contributed by atoms with Crippen LogP contribution in [-0.2, 0) is 0 Å². The Morgan fingerprint density at radius 3 is 2.58 bits per heavy atom. The van der Waals surface area contributed by atoms with Crippen molar-refractivity contribution in [3.05, 3.63) is 45.3 Å². The van der Waals surface area contributed by atoms with Gasteiger partial charge in [-0.2, -0.15) is 4.98 Å². The van der Waals surface area contributed by atoms with Crippen molar-refractivity contribution >= 4 is 34.3 Å². The molecular weight excluding hydrogens is 419 g/mol. The van der Waals surface area contributed by atoms with Gasteiger partial charge in [-0.25, -0.2) is 4.98 Å². The summed E-state index contributed by atoms with van der Waals surface area (Å²) in [6, 6.07) is 9.54. The highest BCUT2D eigenvalue weighted by molar-refractivity contribution is 14.1. The Morgan fingerprint density at radius 2 is 1.92 bits per heavy atom. The van der Waals surface area contributed by atoms with E-state index in [2.05, 4.69) is 37.5 Å². The fourth-order valence-electron chi connectivity index (χ4n) is 2.73. The predicted octanol–water partition coefficient (Wildman–Crippen LogP) is 2.36. The summed E-state index contributed by atoms with van der Waals surface area (Å²) in [6.07, 6.45) is 0. The van der Waals surface area contributed by atoms with Crippen LogP contribution in [0.2, 0.25) is 0 Å². The third-order valence-corrected chi connectivity index (χ3v) is 4.64. The Balaban J connectivity index is 1.67. The van der Waals surface area contributed by atoms with Crippen LogP contribution in [0.15, 0.2) is 30.3 Å². The van der Waals surface area contributed by atoms with E-state index in [9.17, 15) is 4.79 Å². The van der Waals surface area contributed by atoms with Gasteiger partial charge in [0.1, 0.15) is 11.6 Å². The zero-order chi connectivity index (χ0) is 17.1. The minimum atomic E-state index is 0.0876. The fraction of sp³-hybridized carbons (Fsp3) is 0.353. The molecule has 0 bridgehead atoms. The largest absolute Gasteiger partial charge is 0.481 e. The lowest BCUT2D eigenvalue weighted by atomic mass is 10.2. The van der Waals surface area contributed by atoms with Crippen molar-refractivity contribution in [2.24, 2.45) is 0 Å². The molecule has 0 atom stereocenters. The van der Waals surface area contributed by atoms with E-state index in [1.54, 1.807) is 7.11 Å². The van der Waals surface area contributed by atoms with Gasteiger partial charge >= 0.3 is 0 Å². The number of nitrogens with zero attached hydrogens (tertiary/aromatic N) is 4. The summed E-state index contributed by atoms with van der Waals surface area (Å²) in [5.41, 5.74) is 0.745. The molecule has 7 heteroatoms. The van der Waals surface area contributed by atoms with Crippen LogP contribution in [0, 0.1) is 10.5 Å². The molecule has 1 amide bonds. The van der Waals surface area contributed by atoms with Crippen LogP contribution in [0.5, 0.6) is 5.88 Å². The number of ether oxygens (including phenoxy) is 1. The summed E-state index contributed by atoms with van der Waals surface area (Å²) in [5, 5.41) is 0. The van der Waals surface area contributed by atoms with Gasteiger partial charge in [-0.05, 0) is 47.7 Å². The minimum absolute atomic E-state index is 0.0876. The number of aromatic nitrogens is 2. The minimum Gasteiger partial charge on any atom is -0.481 e. The summed E-state index contributed by atoms with van der Waals surface area (Å²) in [7, 11) is 1.60. The highest BCUT2D eigenvalue weighted by Crippen LogP contribution is 2.20. The van der Waals surface area contributed by atoms with Gasteiger partial charge < -0.3 is 14.5 Å². The first kappa shape index (κ1) is 16.9. The van der Waals surface area contributed by atoms with E-state index in [-0.39, 0.29) is 5.91 Å². The Labute approximate surface area is 155 Å². The number of amides is 1. The lowest BCUT2D eigenvalue weighted by Gasteiger charge is -2.35. The van der Waals surface area contributed by atoms with Crippen LogP contribution in [0.25, 0.3) is 0 Å². The summed E-state index contributed by atoms with van der Waals surface area (Å²) < 4.78 is 6.28. The maximum absolute atomic E-state index is 12.6. The molecule has 1 aromatic carbocycles. The Kier molecular flexibility index (Phi) is 5.17. The average Bonchev–Trinajstić information content (AvgIpc) is 2.60. The topological polar surface area (TPSA) is 58.6 Å². The maximum Gasteiger partial charge on any atom is 0.254 e. The van der Waals surface area contributed by atoms with Crippen molar-refractivity contribution in [1.82, 2.24) is 14.9 Å². The molecule has 0 saturated carbocycles. The van der Waals surface area contributed by atoms with Gasteiger partial charge in [-0.15, -0.1) is 0 Å². The van der Waals surface area contributed by atoms with Gasteiger partial charge in [-0.1, -0.05) is 6.07 Å². The van der Waals surface area contributed by atoms with Crippen molar-refractivity contribution in [3.8, 4) is 5.88 Å². The van der Waals surface area contributed by atoms with Gasteiger partial charge in [-0.3, -0.25) is 4.79 Å². The van der Waals surface area contributed by atoms with Crippen LogP contribution >= 0.6 is 22.6 Å². The van der Waals surface area contributed by atoms with Gasteiger partial charge in [0.05, 0.1) is 7.11 Å². The van der Waals surface area contributed by atoms with Crippen molar-refractivity contribution in [3.63, 3.8) is 0 Å². The molecule has 3 rings (SSSR count). The van der Waals surface area contributed by atoms with E-state index in [1.807, 2.05) is 42.2 Å². The molecule has 2 aromatic rings. The first-order valence-electron chi connectivity index (χ1n) is 7.76. The Morgan fingerprint density at radius 1 is 1.17 bits per heavy atom. The van der Waals surface area contributed by atoms with Crippen molar-refractivity contribution < 1.29 is 9.53 Å². The van der Waals surface area contributed by atoms with Gasteiger partial charge in [0.15, 0.2) is 0 Å². The summed E-state index contributed by atoms with van der Waals surface area (Å²) in [4.78, 5) is 25.4. The molecule has 24 heavy (non-hydrogen) atoms. The molecule has 0 spiro atoms. The Bertz CT molecular complexity index is 745. The standard InChI is InChI=1S/C17H19IN4O2/c1-12-19-15(11-16(20-12)24-2)21-6-8-22(9-7-21)17(23)13-4-3-5-14(18)10-13/h3-5,10-11H,6-9H2,1-2H3. The zero-order valence-electron chi connectivity index (χ0n) is 13.7. The van der Waals surface area contributed by atoms with Crippen molar-refractivity contribution in [1.29, 1.82) is 0 Å². The molecule has 0 N–H and O–H groups in total. The lowest BCUT2D eigenvalue weighted by Crippen LogP contribution is -2.49. The molecule has 1 aromatic heterocycles. The molecular formula is C17H19IN4O2. The number of piperazine rings is 1. The van der Waals surface area contributed by atoms with Gasteiger partial charge in [0.2, 0.25) is 5.88 Å². The summed E-state index contributed by atoms with van der Waals surface area (Å²) >= 11 is 2.23. The number of anilines is 1. The number of rotatable bonds is 3. The first-order chi connectivity index (χ1) is 11.6. The maximum atomic E-state index is 12.6. The molecule has 2 heterocycles. The molecule has 0 radical (unpaired) electrons. The van der Waals surface area contributed by atoms with E-state index in [4.69, 9.17) is 4.74 Å². The number of hydrogen-bond acceptors (Lipinski definition) is 5. The molecule has 1 aliphatic heterocycles. The quantitative estimate of drug-likeness (QED) is 0.689. The van der Waals surface area contributed by atoms with Crippen LogP contribution in [-0.4, -0.2) is 54.1 Å². The molecule has 6 nitrogen and oxygen atoms in total. The highest BCUT2D eigenvalue weighted by atomic mass is 127. The third kappa shape index (κ3) is 3.77. The van der Waals surface area contributed by atoms with Gasteiger partial charge in [0, 0.05) is 41.4 Å². The summed E-state index contributed by atoms with van der Waals surface area (Å²) in [5.74, 6) is 2.18. The fourth-order valence-corrected chi connectivity index (χ4v) is 3.28. The van der Waals surface area contributed by atoms with Crippen molar-refractivity contribution in [2.45, 2.75) is 6.92 Å². The van der Waals surface area contributed by atoms with Gasteiger partial charge in [0.25, 0.3) is 5.91 Å². The SMILES string of the molecule is COc1cc(N2CCN(C(=O)c3cccc(I)c3)CC2)nc(C)n1. The van der Waals surface area contributed by atoms with Crippen molar-refractivity contribution in [2.75, 3.05) is 38.2 Å². The van der Waals surface area contributed by atoms with Crippen LogP contribution in [0.3, 0.4) is 0 Å². The van der Waals surface area contributed by atoms with E-state index in [0.29, 0.717) is 24.8 Å². The normalized spacial score (nSPS) is 14.6. The average molecular weight is 438 g/mol. The number of carbonyl (C=O) groups is 1. The number of aryl methyl sites for hydroxylation is 1. The summed E-state index contributed by atoms with van der Waals surface area (Å²) in [6.45, 7) is 4.69.